The maximum Gasteiger partial charge on any atom is 0.237 e. The first-order chi connectivity index (χ1) is 7.91. The Labute approximate surface area is 117 Å². The van der Waals surface area contributed by atoms with E-state index in [1.165, 1.54) is 0 Å². The molecule has 0 spiro atoms. The van der Waals surface area contributed by atoms with Crippen molar-refractivity contribution in [2.45, 2.75) is 58.7 Å². The van der Waals surface area contributed by atoms with Crippen LogP contribution < -0.4 is 5.73 Å². The zero-order valence-corrected chi connectivity index (χ0v) is 12.9. The lowest BCUT2D eigenvalue weighted by atomic mass is 10.1. The molecule has 0 aromatic carbocycles. The van der Waals surface area contributed by atoms with Gasteiger partial charge in [-0.05, 0) is 47.1 Å². The number of carbonyl (C=O) groups excluding carboxylic acids is 1. The number of rotatable bonds is 4. The van der Waals surface area contributed by atoms with Crippen LogP contribution in [0.5, 0.6) is 0 Å². The van der Waals surface area contributed by atoms with Crippen LogP contribution in [0.1, 0.15) is 40.5 Å². The van der Waals surface area contributed by atoms with Crippen molar-refractivity contribution < 1.29 is 4.79 Å². The number of piperidine rings is 1. The summed E-state index contributed by atoms with van der Waals surface area (Å²) in [4.78, 5) is 16.4. The maximum absolute atomic E-state index is 12.2. The summed E-state index contributed by atoms with van der Waals surface area (Å²) < 4.78 is 0. The van der Waals surface area contributed by atoms with E-state index in [0.717, 1.165) is 25.9 Å². The Morgan fingerprint density at radius 1 is 1.33 bits per heavy atom. The average Bonchev–Trinajstić information content (AvgIpc) is 2.15. The second-order valence-electron chi connectivity index (χ2n) is 5.63. The Morgan fingerprint density at radius 3 is 2.33 bits per heavy atom. The monoisotopic (exact) mass is 277 g/mol. The first kappa shape index (κ1) is 17.7. The number of likely N-dealkylation sites (tertiary alicyclic amines) is 1. The predicted octanol–water partition coefficient (Wildman–Crippen LogP) is 1.48. The van der Waals surface area contributed by atoms with Crippen LogP contribution >= 0.6 is 12.4 Å². The summed E-state index contributed by atoms with van der Waals surface area (Å²) in [6, 6.07) is 0.769. The predicted molar refractivity (Wildman–Crippen MR) is 78.0 cm³/mol. The van der Waals surface area contributed by atoms with Crippen molar-refractivity contribution >= 4 is 18.3 Å². The molecule has 5 heteroatoms. The minimum atomic E-state index is 0. The van der Waals surface area contributed by atoms with Crippen molar-refractivity contribution in [2.75, 3.05) is 19.6 Å². The summed E-state index contributed by atoms with van der Waals surface area (Å²) in [7, 11) is 0. The van der Waals surface area contributed by atoms with Crippen LogP contribution in [-0.2, 0) is 4.79 Å². The van der Waals surface area contributed by atoms with E-state index in [1.54, 1.807) is 0 Å². The Kier molecular flexibility index (Phi) is 7.83. The topological polar surface area (TPSA) is 49.6 Å². The number of nitrogens with two attached hydrogens (primary N) is 1. The molecule has 0 aromatic rings. The van der Waals surface area contributed by atoms with Gasteiger partial charge >= 0.3 is 0 Å². The lowest BCUT2D eigenvalue weighted by molar-refractivity contribution is -0.136. The van der Waals surface area contributed by atoms with Crippen LogP contribution in [-0.4, -0.2) is 53.5 Å². The van der Waals surface area contributed by atoms with Crippen molar-refractivity contribution in [3.8, 4) is 0 Å². The number of nitrogens with zero attached hydrogens (tertiary/aromatic N) is 2. The lowest BCUT2D eigenvalue weighted by Gasteiger charge is -2.35. The molecule has 0 aromatic heterocycles. The normalized spacial score (nSPS) is 20.9. The molecule has 1 atom stereocenters. The van der Waals surface area contributed by atoms with Gasteiger partial charge < -0.3 is 10.6 Å². The average molecular weight is 278 g/mol. The molecular weight excluding hydrogens is 250 g/mol. The van der Waals surface area contributed by atoms with Gasteiger partial charge in [0.25, 0.3) is 0 Å². The Bertz CT molecular complexity index is 251. The minimum absolute atomic E-state index is 0. The number of amides is 1. The van der Waals surface area contributed by atoms with Crippen LogP contribution in [0.25, 0.3) is 0 Å². The molecule has 1 aliphatic rings. The molecule has 4 nitrogen and oxygen atoms in total. The minimum Gasteiger partial charge on any atom is -0.337 e. The van der Waals surface area contributed by atoms with E-state index in [2.05, 4.69) is 32.6 Å². The van der Waals surface area contributed by atoms with E-state index in [9.17, 15) is 4.79 Å². The van der Waals surface area contributed by atoms with Crippen molar-refractivity contribution in [1.82, 2.24) is 9.80 Å². The number of halogens is 1. The van der Waals surface area contributed by atoms with Crippen LogP contribution in [0.3, 0.4) is 0 Å². The van der Waals surface area contributed by atoms with Crippen molar-refractivity contribution in [3.63, 3.8) is 0 Å². The fraction of sp³-hybridized carbons (Fsp3) is 0.923. The molecule has 108 valence electrons. The molecule has 1 heterocycles. The third kappa shape index (κ3) is 5.12. The molecule has 18 heavy (non-hydrogen) atoms. The summed E-state index contributed by atoms with van der Waals surface area (Å²) in [5.74, 6) is 0.226. The molecule has 2 N–H and O–H groups in total. The summed E-state index contributed by atoms with van der Waals surface area (Å²) >= 11 is 0. The van der Waals surface area contributed by atoms with Crippen LogP contribution in [0.2, 0.25) is 0 Å². The molecule has 1 fully saturated rings. The summed E-state index contributed by atoms with van der Waals surface area (Å²) in [5, 5.41) is 0. The molecule has 1 aliphatic heterocycles. The zero-order chi connectivity index (χ0) is 13.0. The van der Waals surface area contributed by atoms with Gasteiger partial charge in [0.1, 0.15) is 0 Å². The highest BCUT2D eigenvalue weighted by Gasteiger charge is 2.24. The number of hydrogen-bond acceptors (Lipinski definition) is 3. The van der Waals surface area contributed by atoms with Crippen LogP contribution in [0, 0.1) is 0 Å². The third-order valence-corrected chi connectivity index (χ3v) is 3.30. The molecule has 0 saturated carbocycles. The van der Waals surface area contributed by atoms with Gasteiger partial charge in [0.05, 0.1) is 6.54 Å². The third-order valence-electron chi connectivity index (χ3n) is 3.30. The van der Waals surface area contributed by atoms with Crippen LogP contribution in [0.15, 0.2) is 0 Å². The highest BCUT2D eigenvalue weighted by molar-refractivity contribution is 5.85. The molecule has 0 radical (unpaired) electrons. The van der Waals surface area contributed by atoms with Gasteiger partial charge in [-0.25, -0.2) is 0 Å². The van der Waals surface area contributed by atoms with Crippen molar-refractivity contribution in [1.29, 1.82) is 0 Å². The molecule has 0 aliphatic carbocycles. The second-order valence-corrected chi connectivity index (χ2v) is 5.63. The standard InChI is InChI=1S/C13H27N3O.ClH/c1-10(2)16(11(3)4)13(17)9-15-7-5-6-12(14)8-15;/h10-12H,5-9,14H2,1-4H3;1H/t12-;/m1./s1. The van der Waals surface area contributed by atoms with E-state index < -0.39 is 0 Å². The second kappa shape index (κ2) is 7.97. The van der Waals surface area contributed by atoms with Gasteiger partial charge in [-0.1, -0.05) is 0 Å². The van der Waals surface area contributed by atoms with Crippen molar-refractivity contribution in [3.05, 3.63) is 0 Å². The molecule has 0 bridgehead atoms. The summed E-state index contributed by atoms with van der Waals surface area (Å²) in [5.41, 5.74) is 5.93. The highest BCUT2D eigenvalue weighted by Crippen LogP contribution is 2.11. The first-order valence-electron chi connectivity index (χ1n) is 6.71. The number of carbonyl (C=O) groups is 1. The SMILES string of the molecule is CC(C)N(C(=O)CN1CCC[C@@H](N)C1)C(C)C.Cl. The van der Waals surface area contributed by atoms with Gasteiger partial charge in [-0.3, -0.25) is 9.69 Å². The smallest absolute Gasteiger partial charge is 0.237 e. The number of hydrogen-bond donors (Lipinski definition) is 1. The van der Waals surface area contributed by atoms with E-state index >= 15 is 0 Å². The van der Waals surface area contributed by atoms with E-state index in [1.807, 2.05) is 4.90 Å². The molecule has 1 rings (SSSR count). The lowest BCUT2D eigenvalue weighted by Crippen LogP contribution is -2.50. The fourth-order valence-electron chi connectivity index (χ4n) is 2.68. The van der Waals surface area contributed by atoms with Crippen molar-refractivity contribution in [2.24, 2.45) is 5.73 Å². The van der Waals surface area contributed by atoms with E-state index in [0.29, 0.717) is 6.54 Å². The van der Waals surface area contributed by atoms with E-state index in [4.69, 9.17) is 5.73 Å². The van der Waals surface area contributed by atoms with Gasteiger partial charge in [0.2, 0.25) is 5.91 Å². The maximum atomic E-state index is 12.2. The molecule has 1 saturated heterocycles. The first-order valence-corrected chi connectivity index (χ1v) is 6.71. The Morgan fingerprint density at radius 2 is 1.89 bits per heavy atom. The van der Waals surface area contributed by atoms with Crippen LogP contribution in [0.4, 0.5) is 0 Å². The summed E-state index contributed by atoms with van der Waals surface area (Å²) in [6.45, 7) is 10.7. The molecule has 1 amide bonds. The zero-order valence-electron chi connectivity index (χ0n) is 12.1. The van der Waals surface area contributed by atoms with Gasteiger partial charge in [-0.2, -0.15) is 0 Å². The largest absolute Gasteiger partial charge is 0.337 e. The van der Waals surface area contributed by atoms with Gasteiger partial charge in [0, 0.05) is 24.7 Å². The molecular formula is C13H28ClN3O. The fourth-order valence-corrected chi connectivity index (χ4v) is 2.68. The van der Waals surface area contributed by atoms with E-state index in [-0.39, 0.29) is 36.4 Å². The molecule has 0 unspecified atom stereocenters. The highest BCUT2D eigenvalue weighted by atomic mass is 35.5. The quantitative estimate of drug-likeness (QED) is 0.847. The van der Waals surface area contributed by atoms with Gasteiger partial charge in [0.15, 0.2) is 0 Å². The Balaban J connectivity index is 0.00000289. The Hall–Kier alpha value is -0.320. The van der Waals surface area contributed by atoms with Gasteiger partial charge in [-0.15, -0.1) is 12.4 Å². The summed E-state index contributed by atoms with van der Waals surface area (Å²) in [6.07, 6.45) is 2.20.